The summed E-state index contributed by atoms with van der Waals surface area (Å²) in [6.07, 6.45) is 3.41. The Morgan fingerprint density at radius 2 is 2.24 bits per heavy atom. The first-order chi connectivity index (χ1) is 8.14. The van der Waals surface area contributed by atoms with Crippen molar-refractivity contribution in [3.63, 3.8) is 0 Å². The molecule has 0 aromatic carbocycles. The highest BCUT2D eigenvalue weighted by molar-refractivity contribution is 5.69. The number of aromatic nitrogens is 1. The molecule has 1 saturated heterocycles. The summed E-state index contributed by atoms with van der Waals surface area (Å²) in [5.41, 5.74) is 6.70. The van der Waals surface area contributed by atoms with Gasteiger partial charge in [-0.25, -0.2) is 4.98 Å². The summed E-state index contributed by atoms with van der Waals surface area (Å²) in [4.78, 5) is 4.20. The molecule has 1 aromatic rings. The second kappa shape index (κ2) is 4.60. The van der Waals surface area contributed by atoms with Crippen LogP contribution in [0.25, 0.3) is 0 Å². The molecule has 1 aromatic heterocycles. The Balaban J connectivity index is 2.21. The fraction of sp³-hybridized carbons (Fsp3) is 0.500. The average molecular weight is 232 g/mol. The first kappa shape index (κ1) is 11.7. The van der Waals surface area contributed by atoms with E-state index in [4.69, 9.17) is 15.7 Å². The Hall–Kier alpha value is -1.80. The van der Waals surface area contributed by atoms with E-state index in [9.17, 15) is 0 Å². The topological polar surface area (TPSA) is 84.0 Å². The molecule has 17 heavy (non-hydrogen) atoms. The van der Waals surface area contributed by atoms with Gasteiger partial charge in [-0.15, -0.1) is 0 Å². The molecule has 2 rings (SSSR count). The zero-order valence-electron chi connectivity index (χ0n) is 9.86. The molecule has 0 radical (unpaired) electrons. The summed E-state index contributed by atoms with van der Waals surface area (Å²) in [6.45, 7) is 3.60. The number of nitrogen functional groups attached to an aromatic ring is 1. The van der Waals surface area contributed by atoms with Gasteiger partial charge in [-0.05, 0) is 25.8 Å². The summed E-state index contributed by atoms with van der Waals surface area (Å²) in [7, 11) is 0. The molecule has 0 saturated carbocycles. The van der Waals surface area contributed by atoms with Crippen LogP contribution in [0, 0.1) is 11.3 Å². The standard InChI is InChI=1S/C12H16N4O/c1-12(3-6-17-7-4-12)16-11-10(14)9(8-13)2-5-15-11/h2,5H,3-4,6-7,14H2,1H3,(H,15,16). The largest absolute Gasteiger partial charge is 0.395 e. The third-order valence-corrected chi connectivity index (χ3v) is 3.13. The number of pyridine rings is 1. The van der Waals surface area contributed by atoms with E-state index in [1.807, 2.05) is 0 Å². The molecule has 0 bridgehead atoms. The minimum absolute atomic E-state index is 0.0621. The number of nitrogens with zero attached hydrogens (tertiary/aromatic N) is 2. The lowest BCUT2D eigenvalue weighted by molar-refractivity contribution is 0.0657. The molecule has 2 heterocycles. The molecule has 0 aliphatic carbocycles. The first-order valence-corrected chi connectivity index (χ1v) is 5.65. The smallest absolute Gasteiger partial charge is 0.150 e. The molecule has 90 valence electrons. The molecule has 1 fully saturated rings. The molecular formula is C12H16N4O. The Labute approximate surface area is 101 Å². The van der Waals surface area contributed by atoms with Gasteiger partial charge in [0.1, 0.15) is 6.07 Å². The zero-order valence-corrected chi connectivity index (χ0v) is 9.86. The van der Waals surface area contributed by atoms with Crippen LogP contribution >= 0.6 is 0 Å². The van der Waals surface area contributed by atoms with Gasteiger partial charge in [-0.1, -0.05) is 0 Å². The number of hydrogen-bond acceptors (Lipinski definition) is 5. The van der Waals surface area contributed by atoms with Crippen molar-refractivity contribution in [2.45, 2.75) is 25.3 Å². The molecule has 1 aliphatic heterocycles. The monoisotopic (exact) mass is 232 g/mol. The van der Waals surface area contributed by atoms with Crippen molar-refractivity contribution in [1.29, 1.82) is 5.26 Å². The molecule has 5 heteroatoms. The summed E-state index contributed by atoms with van der Waals surface area (Å²) in [5.74, 6) is 0.591. The number of hydrogen-bond donors (Lipinski definition) is 2. The fourth-order valence-electron chi connectivity index (χ4n) is 1.90. The van der Waals surface area contributed by atoms with Crippen molar-refractivity contribution in [3.05, 3.63) is 17.8 Å². The second-order valence-corrected chi connectivity index (χ2v) is 4.53. The molecule has 0 atom stereocenters. The van der Waals surface area contributed by atoms with Crippen molar-refractivity contribution in [1.82, 2.24) is 4.98 Å². The van der Waals surface area contributed by atoms with Crippen LogP contribution in [0.4, 0.5) is 11.5 Å². The van der Waals surface area contributed by atoms with E-state index in [1.54, 1.807) is 12.3 Å². The Bertz CT molecular complexity index is 446. The number of ether oxygens (including phenoxy) is 1. The van der Waals surface area contributed by atoms with E-state index in [-0.39, 0.29) is 5.54 Å². The van der Waals surface area contributed by atoms with Gasteiger partial charge in [-0.2, -0.15) is 5.26 Å². The fourth-order valence-corrected chi connectivity index (χ4v) is 1.90. The lowest BCUT2D eigenvalue weighted by atomic mass is 9.92. The van der Waals surface area contributed by atoms with E-state index in [2.05, 4.69) is 23.3 Å². The number of anilines is 2. The van der Waals surface area contributed by atoms with Crippen LogP contribution in [0.1, 0.15) is 25.3 Å². The van der Waals surface area contributed by atoms with Gasteiger partial charge in [0.25, 0.3) is 0 Å². The Morgan fingerprint density at radius 1 is 1.53 bits per heavy atom. The van der Waals surface area contributed by atoms with Gasteiger partial charge in [0.05, 0.1) is 11.3 Å². The molecule has 0 spiro atoms. The van der Waals surface area contributed by atoms with Crippen molar-refractivity contribution in [2.75, 3.05) is 24.3 Å². The minimum Gasteiger partial charge on any atom is -0.395 e. The lowest BCUT2D eigenvalue weighted by Crippen LogP contribution is -2.41. The maximum absolute atomic E-state index is 8.91. The van der Waals surface area contributed by atoms with Gasteiger partial charge in [0.2, 0.25) is 0 Å². The number of nitrogens with two attached hydrogens (primary N) is 1. The molecule has 5 nitrogen and oxygen atoms in total. The van der Waals surface area contributed by atoms with Gasteiger partial charge in [0.15, 0.2) is 5.82 Å². The third-order valence-electron chi connectivity index (χ3n) is 3.13. The van der Waals surface area contributed by atoms with Crippen LogP contribution < -0.4 is 11.1 Å². The predicted octanol–water partition coefficient (Wildman–Crippen LogP) is 1.52. The van der Waals surface area contributed by atoms with E-state index in [0.717, 1.165) is 26.1 Å². The lowest BCUT2D eigenvalue weighted by Gasteiger charge is -2.35. The van der Waals surface area contributed by atoms with Crippen molar-refractivity contribution in [2.24, 2.45) is 0 Å². The van der Waals surface area contributed by atoms with Crippen LogP contribution in [-0.4, -0.2) is 23.7 Å². The van der Waals surface area contributed by atoms with Crippen LogP contribution in [-0.2, 0) is 4.74 Å². The minimum atomic E-state index is -0.0621. The van der Waals surface area contributed by atoms with Crippen molar-refractivity contribution in [3.8, 4) is 6.07 Å². The zero-order chi connectivity index (χ0) is 12.3. The van der Waals surface area contributed by atoms with E-state index < -0.39 is 0 Å². The van der Waals surface area contributed by atoms with Gasteiger partial charge >= 0.3 is 0 Å². The highest BCUT2D eigenvalue weighted by Gasteiger charge is 2.28. The molecule has 1 aliphatic rings. The van der Waals surface area contributed by atoms with E-state index >= 15 is 0 Å². The Kier molecular flexibility index (Phi) is 3.16. The number of nitriles is 1. The maximum Gasteiger partial charge on any atom is 0.150 e. The van der Waals surface area contributed by atoms with E-state index in [1.165, 1.54) is 0 Å². The average Bonchev–Trinajstić information content (AvgIpc) is 2.32. The molecule has 0 unspecified atom stereocenters. The summed E-state index contributed by atoms with van der Waals surface area (Å²) in [6, 6.07) is 3.67. The SMILES string of the molecule is CC1(Nc2nccc(C#N)c2N)CCOCC1. The predicted molar refractivity (Wildman–Crippen MR) is 65.4 cm³/mol. The quantitative estimate of drug-likeness (QED) is 0.807. The maximum atomic E-state index is 8.91. The van der Waals surface area contributed by atoms with Crippen LogP contribution in [0.2, 0.25) is 0 Å². The van der Waals surface area contributed by atoms with Crippen molar-refractivity contribution >= 4 is 11.5 Å². The normalized spacial score (nSPS) is 18.4. The number of nitrogens with one attached hydrogen (secondary N) is 1. The Morgan fingerprint density at radius 3 is 2.88 bits per heavy atom. The third kappa shape index (κ3) is 2.48. The first-order valence-electron chi connectivity index (χ1n) is 5.65. The van der Waals surface area contributed by atoms with Crippen molar-refractivity contribution < 1.29 is 4.74 Å². The van der Waals surface area contributed by atoms with Crippen LogP contribution in [0.3, 0.4) is 0 Å². The number of rotatable bonds is 2. The summed E-state index contributed by atoms with van der Waals surface area (Å²) >= 11 is 0. The summed E-state index contributed by atoms with van der Waals surface area (Å²) < 4.78 is 5.33. The van der Waals surface area contributed by atoms with Crippen LogP contribution in [0.15, 0.2) is 12.3 Å². The molecule has 3 N–H and O–H groups in total. The van der Waals surface area contributed by atoms with E-state index in [0.29, 0.717) is 17.1 Å². The second-order valence-electron chi connectivity index (χ2n) is 4.53. The van der Waals surface area contributed by atoms with Crippen LogP contribution in [0.5, 0.6) is 0 Å². The highest BCUT2D eigenvalue weighted by atomic mass is 16.5. The van der Waals surface area contributed by atoms with Gasteiger partial charge in [-0.3, -0.25) is 0 Å². The highest BCUT2D eigenvalue weighted by Crippen LogP contribution is 2.28. The van der Waals surface area contributed by atoms with Gasteiger partial charge < -0.3 is 15.8 Å². The van der Waals surface area contributed by atoms with Gasteiger partial charge in [0, 0.05) is 24.9 Å². The molecular weight excluding hydrogens is 216 g/mol. The molecule has 0 amide bonds. The summed E-state index contributed by atoms with van der Waals surface area (Å²) in [5, 5.41) is 12.2.